The highest BCUT2D eigenvalue weighted by atomic mass is 16.3. The second-order valence-electron chi connectivity index (χ2n) is 2.37. The summed E-state index contributed by atoms with van der Waals surface area (Å²) in [6.07, 6.45) is 2.74. The number of nitrogens with zero attached hydrogens (tertiary/aromatic N) is 1. The third kappa shape index (κ3) is 6.04. The second kappa shape index (κ2) is 7.72. The molecule has 0 heterocycles. The zero-order chi connectivity index (χ0) is 8.53. The molecule has 0 rings (SSSR count). The van der Waals surface area contributed by atoms with Crippen molar-refractivity contribution in [2.75, 3.05) is 32.8 Å². The van der Waals surface area contributed by atoms with Crippen LogP contribution in [-0.2, 0) is 0 Å². The molecule has 3 heteroatoms. The van der Waals surface area contributed by atoms with E-state index in [4.69, 9.17) is 10.2 Å². The van der Waals surface area contributed by atoms with Crippen molar-refractivity contribution < 1.29 is 10.2 Å². The van der Waals surface area contributed by atoms with E-state index >= 15 is 0 Å². The van der Waals surface area contributed by atoms with Crippen LogP contribution >= 0.6 is 0 Å². The fourth-order valence-corrected chi connectivity index (χ4v) is 0.892. The largest absolute Gasteiger partial charge is 0.395 e. The van der Waals surface area contributed by atoms with Crippen LogP contribution in [0.5, 0.6) is 0 Å². The molecule has 3 nitrogen and oxygen atoms in total. The van der Waals surface area contributed by atoms with Gasteiger partial charge in [0.05, 0.1) is 13.2 Å². The predicted molar refractivity (Wildman–Crippen MR) is 45.4 cm³/mol. The molecule has 0 radical (unpaired) electrons. The fraction of sp³-hybridized carbons (Fsp3) is 0.750. The standard InChI is InChI=1S/C8H17NO2/c1-2-3-4-9(5-7-10)6-8-11/h2,10-11H,1,3-8H2. The lowest BCUT2D eigenvalue weighted by molar-refractivity contribution is 0.163. The minimum atomic E-state index is 0.150. The van der Waals surface area contributed by atoms with Crippen molar-refractivity contribution in [3.8, 4) is 0 Å². The minimum absolute atomic E-state index is 0.150. The van der Waals surface area contributed by atoms with Crippen molar-refractivity contribution in [2.45, 2.75) is 6.42 Å². The van der Waals surface area contributed by atoms with Crippen LogP contribution in [-0.4, -0.2) is 48.0 Å². The van der Waals surface area contributed by atoms with Crippen LogP contribution in [0.4, 0.5) is 0 Å². The Labute approximate surface area is 68.0 Å². The fourth-order valence-electron chi connectivity index (χ4n) is 0.892. The molecule has 0 aromatic heterocycles. The molecule has 0 aromatic rings. The van der Waals surface area contributed by atoms with Crippen molar-refractivity contribution in [1.29, 1.82) is 0 Å². The predicted octanol–water partition coefficient (Wildman–Crippen LogP) is -0.151. The van der Waals surface area contributed by atoms with E-state index in [0.717, 1.165) is 13.0 Å². The second-order valence-corrected chi connectivity index (χ2v) is 2.37. The maximum Gasteiger partial charge on any atom is 0.0558 e. The Morgan fingerprint density at radius 1 is 1.09 bits per heavy atom. The smallest absolute Gasteiger partial charge is 0.0558 e. The highest BCUT2D eigenvalue weighted by Gasteiger charge is 2.00. The molecule has 2 N–H and O–H groups in total. The van der Waals surface area contributed by atoms with E-state index in [1.54, 1.807) is 0 Å². The summed E-state index contributed by atoms with van der Waals surface area (Å²) >= 11 is 0. The van der Waals surface area contributed by atoms with E-state index in [0.29, 0.717) is 13.1 Å². The molecule has 0 unspecified atom stereocenters. The van der Waals surface area contributed by atoms with Gasteiger partial charge in [0.25, 0.3) is 0 Å². The van der Waals surface area contributed by atoms with E-state index in [9.17, 15) is 0 Å². The van der Waals surface area contributed by atoms with Gasteiger partial charge in [-0.3, -0.25) is 4.90 Å². The van der Waals surface area contributed by atoms with Crippen molar-refractivity contribution in [3.63, 3.8) is 0 Å². The van der Waals surface area contributed by atoms with Gasteiger partial charge in [0.1, 0.15) is 0 Å². The zero-order valence-electron chi connectivity index (χ0n) is 6.87. The zero-order valence-corrected chi connectivity index (χ0v) is 6.87. The maximum atomic E-state index is 8.61. The Bertz CT molecular complexity index is 90.1. The monoisotopic (exact) mass is 159 g/mol. The molecule has 0 amide bonds. The highest BCUT2D eigenvalue weighted by Crippen LogP contribution is 1.90. The Hall–Kier alpha value is -0.380. The molecule has 0 bridgehead atoms. The van der Waals surface area contributed by atoms with Crippen LogP contribution in [0.25, 0.3) is 0 Å². The molecule has 0 saturated heterocycles. The summed E-state index contributed by atoms with van der Waals surface area (Å²) < 4.78 is 0. The summed E-state index contributed by atoms with van der Waals surface area (Å²) in [5.74, 6) is 0. The van der Waals surface area contributed by atoms with E-state index in [1.807, 2.05) is 11.0 Å². The molecular formula is C8H17NO2. The van der Waals surface area contributed by atoms with Crippen LogP contribution in [0.3, 0.4) is 0 Å². The number of rotatable bonds is 7. The first-order valence-corrected chi connectivity index (χ1v) is 3.90. The van der Waals surface area contributed by atoms with Gasteiger partial charge >= 0.3 is 0 Å². The van der Waals surface area contributed by atoms with Crippen molar-refractivity contribution in [3.05, 3.63) is 12.7 Å². The van der Waals surface area contributed by atoms with Crippen LogP contribution in [0, 0.1) is 0 Å². The van der Waals surface area contributed by atoms with Gasteiger partial charge in [0, 0.05) is 19.6 Å². The van der Waals surface area contributed by atoms with Crippen molar-refractivity contribution in [1.82, 2.24) is 4.90 Å². The Morgan fingerprint density at radius 3 is 2.00 bits per heavy atom. The van der Waals surface area contributed by atoms with E-state index in [2.05, 4.69) is 6.58 Å². The highest BCUT2D eigenvalue weighted by molar-refractivity contribution is 4.69. The Morgan fingerprint density at radius 2 is 1.64 bits per heavy atom. The van der Waals surface area contributed by atoms with Crippen LogP contribution in [0.2, 0.25) is 0 Å². The van der Waals surface area contributed by atoms with Gasteiger partial charge in [-0.05, 0) is 6.42 Å². The number of aliphatic hydroxyl groups excluding tert-OH is 2. The average Bonchev–Trinajstić information content (AvgIpc) is 2.01. The average molecular weight is 159 g/mol. The van der Waals surface area contributed by atoms with Gasteiger partial charge < -0.3 is 10.2 Å². The lowest BCUT2D eigenvalue weighted by Gasteiger charge is -2.18. The third-order valence-electron chi connectivity index (χ3n) is 1.48. The van der Waals surface area contributed by atoms with Gasteiger partial charge in [-0.1, -0.05) is 6.08 Å². The van der Waals surface area contributed by atoms with Crippen LogP contribution < -0.4 is 0 Å². The molecule has 0 aliphatic heterocycles. The van der Waals surface area contributed by atoms with Crippen LogP contribution in [0.15, 0.2) is 12.7 Å². The topological polar surface area (TPSA) is 43.7 Å². The summed E-state index contributed by atoms with van der Waals surface area (Å²) in [6.45, 7) is 6.03. The first kappa shape index (κ1) is 10.6. The van der Waals surface area contributed by atoms with Gasteiger partial charge in [0.15, 0.2) is 0 Å². The molecule has 0 aliphatic rings. The first-order chi connectivity index (χ1) is 5.35. The molecular weight excluding hydrogens is 142 g/mol. The SMILES string of the molecule is C=CCCN(CCO)CCO. The van der Waals surface area contributed by atoms with Crippen molar-refractivity contribution in [2.24, 2.45) is 0 Å². The Balaban J connectivity index is 3.41. The van der Waals surface area contributed by atoms with Gasteiger partial charge in [-0.2, -0.15) is 0 Å². The van der Waals surface area contributed by atoms with Crippen LogP contribution in [0.1, 0.15) is 6.42 Å². The van der Waals surface area contributed by atoms with Gasteiger partial charge in [-0.25, -0.2) is 0 Å². The summed E-state index contributed by atoms with van der Waals surface area (Å²) in [5, 5.41) is 17.2. The quantitative estimate of drug-likeness (QED) is 0.508. The van der Waals surface area contributed by atoms with E-state index in [1.165, 1.54) is 0 Å². The normalized spacial score (nSPS) is 10.5. The number of hydrogen-bond donors (Lipinski definition) is 2. The molecule has 0 spiro atoms. The molecule has 0 saturated carbocycles. The first-order valence-electron chi connectivity index (χ1n) is 3.90. The summed E-state index contributed by atoms with van der Waals surface area (Å²) in [6, 6.07) is 0. The maximum absolute atomic E-state index is 8.61. The van der Waals surface area contributed by atoms with Gasteiger partial charge in [0.2, 0.25) is 0 Å². The number of aliphatic hydroxyl groups is 2. The molecule has 0 aliphatic carbocycles. The minimum Gasteiger partial charge on any atom is -0.395 e. The molecule has 0 atom stereocenters. The number of hydrogen-bond acceptors (Lipinski definition) is 3. The summed E-state index contributed by atoms with van der Waals surface area (Å²) in [4.78, 5) is 2.00. The van der Waals surface area contributed by atoms with E-state index in [-0.39, 0.29) is 13.2 Å². The van der Waals surface area contributed by atoms with Crippen molar-refractivity contribution >= 4 is 0 Å². The molecule has 0 fully saturated rings. The van der Waals surface area contributed by atoms with E-state index < -0.39 is 0 Å². The third-order valence-corrected chi connectivity index (χ3v) is 1.48. The van der Waals surface area contributed by atoms with Gasteiger partial charge in [-0.15, -0.1) is 6.58 Å². The molecule has 66 valence electrons. The molecule has 11 heavy (non-hydrogen) atoms. The lowest BCUT2D eigenvalue weighted by atomic mass is 10.3. The molecule has 0 aromatic carbocycles. The summed E-state index contributed by atoms with van der Waals surface area (Å²) in [5.41, 5.74) is 0. The lowest BCUT2D eigenvalue weighted by Crippen LogP contribution is -2.30. The summed E-state index contributed by atoms with van der Waals surface area (Å²) in [7, 11) is 0. The Kier molecular flexibility index (Phi) is 7.46.